The fraction of sp³-hybridized carbons (Fsp3) is 0.600. The summed E-state index contributed by atoms with van der Waals surface area (Å²) in [5, 5.41) is 7.18. The molecule has 4 nitrogen and oxygen atoms in total. The predicted octanol–water partition coefficient (Wildman–Crippen LogP) is 0.897. The molecule has 0 unspecified atom stereocenters. The van der Waals surface area contributed by atoms with Crippen molar-refractivity contribution in [2.24, 2.45) is 0 Å². The second-order valence-corrected chi connectivity index (χ2v) is 3.76. The summed E-state index contributed by atoms with van der Waals surface area (Å²) in [5.41, 5.74) is 1.20. The van der Waals surface area contributed by atoms with Crippen LogP contribution in [0, 0.1) is 0 Å². The van der Waals surface area contributed by atoms with Gasteiger partial charge in [-0.05, 0) is 18.9 Å². The highest BCUT2D eigenvalue weighted by Gasteiger charge is 2.25. The lowest BCUT2D eigenvalue weighted by atomic mass is 10.3. The Kier molecular flexibility index (Phi) is 2.52. The van der Waals surface area contributed by atoms with Gasteiger partial charge in [0.05, 0.1) is 12.2 Å². The van der Waals surface area contributed by atoms with Crippen LogP contribution in [-0.4, -0.2) is 22.2 Å². The third-order valence-electron chi connectivity index (χ3n) is 2.37. The normalized spacial score (nSPS) is 15.5. The fourth-order valence-electron chi connectivity index (χ4n) is 1.45. The van der Waals surface area contributed by atoms with Gasteiger partial charge in [-0.1, -0.05) is 0 Å². The molecule has 0 spiro atoms. The average Bonchev–Trinajstić information content (AvgIpc) is 2.87. The quantitative estimate of drug-likeness (QED) is 0.772. The first-order valence-corrected chi connectivity index (χ1v) is 5.03. The molecule has 1 N–H and O–H groups in total. The van der Waals surface area contributed by atoms with Crippen LogP contribution in [0.25, 0.3) is 0 Å². The molecular formula is C10H15N3O. The lowest BCUT2D eigenvalue weighted by molar-refractivity contribution is -0.118. The van der Waals surface area contributed by atoms with Crippen molar-refractivity contribution >= 4 is 5.91 Å². The Morgan fingerprint density at radius 2 is 2.50 bits per heavy atom. The number of amides is 1. The molecule has 1 aromatic rings. The third-order valence-corrected chi connectivity index (χ3v) is 2.37. The molecule has 76 valence electrons. The lowest BCUT2D eigenvalue weighted by Crippen LogP contribution is -2.24. The fourth-order valence-corrected chi connectivity index (χ4v) is 1.45. The van der Waals surface area contributed by atoms with Crippen LogP contribution < -0.4 is 5.32 Å². The molecule has 1 saturated carbocycles. The van der Waals surface area contributed by atoms with E-state index in [1.807, 2.05) is 10.9 Å². The van der Waals surface area contributed by atoms with E-state index in [1.165, 1.54) is 25.5 Å². The van der Waals surface area contributed by atoms with Crippen LogP contribution in [0.15, 0.2) is 12.3 Å². The minimum Gasteiger partial charge on any atom is -0.354 e. The van der Waals surface area contributed by atoms with Gasteiger partial charge in [-0.15, -0.1) is 0 Å². The molecule has 2 rings (SSSR count). The van der Waals surface area contributed by atoms with E-state index in [1.54, 1.807) is 0 Å². The van der Waals surface area contributed by atoms with Gasteiger partial charge < -0.3 is 5.32 Å². The molecule has 0 atom stereocenters. The third kappa shape index (κ3) is 2.34. The zero-order valence-corrected chi connectivity index (χ0v) is 8.36. The summed E-state index contributed by atoms with van der Waals surface area (Å²) < 4.78 is 1.89. The summed E-state index contributed by atoms with van der Waals surface area (Å²) in [5.74, 6) is 0.719. The lowest BCUT2D eigenvalue weighted by Gasteiger charge is -2.01. The van der Waals surface area contributed by atoms with E-state index in [0.29, 0.717) is 12.5 Å². The van der Waals surface area contributed by atoms with Crippen LogP contribution in [0.1, 0.15) is 31.4 Å². The minimum absolute atomic E-state index is 0.0135. The van der Waals surface area contributed by atoms with Gasteiger partial charge in [0.1, 0.15) is 0 Å². The number of nitrogens with one attached hydrogen (secondary N) is 1. The van der Waals surface area contributed by atoms with Crippen LogP contribution in [0.5, 0.6) is 0 Å². The monoisotopic (exact) mass is 193 g/mol. The maximum Gasteiger partial charge on any atom is 0.216 e. The Morgan fingerprint density at radius 1 is 1.71 bits per heavy atom. The first-order chi connectivity index (χ1) is 6.75. The van der Waals surface area contributed by atoms with Crippen molar-refractivity contribution < 1.29 is 4.79 Å². The van der Waals surface area contributed by atoms with Gasteiger partial charge in [-0.25, -0.2) is 0 Å². The molecule has 0 aromatic carbocycles. The molecule has 14 heavy (non-hydrogen) atoms. The molecule has 1 aromatic heterocycles. The number of hydrogen-bond donors (Lipinski definition) is 1. The second-order valence-electron chi connectivity index (χ2n) is 3.76. The zero-order valence-electron chi connectivity index (χ0n) is 8.36. The molecule has 1 aliphatic carbocycles. The number of rotatable bonds is 4. The van der Waals surface area contributed by atoms with Gasteiger partial charge in [-0.3, -0.25) is 9.48 Å². The van der Waals surface area contributed by atoms with Crippen LogP contribution in [0.4, 0.5) is 0 Å². The smallest absolute Gasteiger partial charge is 0.216 e. The van der Waals surface area contributed by atoms with Crippen molar-refractivity contribution in [1.29, 1.82) is 0 Å². The average molecular weight is 193 g/mol. The first kappa shape index (κ1) is 9.24. The highest BCUT2D eigenvalue weighted by atomic mass is 16.1. The van der Waals surface area contributed by atoms with E-state index >= 15 is 0 Å². The van der Waals surface area contributed by atoms with Gasteiger partial charge in [0.15, 0.2) is 0 Å². The number of carbonyl (C=O) groups excluding carboxylic acids is 1. The van der Waals surface area contributed by atoms with Gasteiger partial charge in [0, 0.05) is 25.6 Å². The van der Waals surface area contributed by atoms with Gasteiger partial charge in [-0.2, -0.15) is 5.10 Å². The van der Waals surface area contributed by atoms with Crippen molar-refractivity contribution in [2.45, 2.75) is 32.2 Å². The van der Waals surface area contributed by atoms with Crippen LogP contribution in [0.2, 0.25) is 0 Å². The molecular weight excluding hydrogens is 178 g/mol. The highest BCUT2D eigenvalue weighted by molar-refractivity contribution is 5.72. The molecule has 4 heteroatoms. The van der Waals surface area contributed by atoms with Crippen molar-refractivity contribution in [2.75, 3.05) is 6.54 Å². The number of hydrogen-bond acceptors (Lipinski definition) is 2. The van der Waals surface area contributed by atoms with Gasteiger partial charge in [0.2, 0.25) is 5.91 Å². The van der Waals surface area contributed by atoms with Crippen LogP contribution in [-0.2, 0) is 11.3 Å². The van der Waals surface area contributed by atoms with Crippen LogP contribution >= 0.6 is 0 Å². The van der Waals surface area contributed by atoms with E-state index < -0.39 is 0 Å². The summed E-state index contributed by atoms with van der Waals surface area (Å²) >= 11 is 0. The summed E-state index contributed by atoms with van der Waals surface area (Å²) in [4.78, 5) is 10.6. The molecule has 0 bridgehead atoms. The van der Waals surface area contributed by atoms with E-state index in [4.69, 9.17) is 0 Å². The molecule has 0 radical (unpaired) electrons. The standard InChI is InChI=1S/C10H15N3O/c1-8(14)11-5-7-13-6-4-10(12-13)9-2-3-9/h4,6,9H,2-3,5,7H2,1H3,(H,11,14). The second kappa shape index (κ2) is 3.82. The van der Waals surface area contributed by atoms with Crippen molar-refractivity contribution in [3.8, 4) is 0 Å². The summed E-state index contributed by atoms with van der Waals surface area (Å²) in [7, 11) is 0. The molecule has 1 amide bonds. The molecule has 1 heterocycles. The first-order valence-electron chi connectivity index (χ1n) is 5.03. The Morgan fingerprint density at radius 3 is 3.14 bits per heavy atom. The summed E-state index contributed by atoms with van der Waals surface area (Å²) in [6.07, 6.45) is 4.54. The Bertz CT molecular complexity index is 328. The Balaban J connectivity index is 1.80. The minimum atomic E-state index is 0.0135. The number of nitrogens with zero attached hydrogens (tertiary/aromatic N) is 2. The largest absolute Gasteiger partial charge is 0.354 e. The van der Waals surface area contributed by atoms with E-state index in [0.717, 1.165) is 6.54 Å². The topological polar surface area (TPSA) is 46.9 Å². The zero-order chi connectivity index (χ0) is 9.97. The van der Waals surface area contributed by atoms with E-state index in [9.17, 15) is 4.79 Å². The van der Waals surface area contributed by atoms with Crippen molar-refractivity contribution in [1.82, 2.24) is 15.1 Å². The van der Waals surface area contributed by atoms with E-state index in [2.05, 4.69) is 16.5 Å². The maximum absolute atomic E-state index is 10.6. The number of aromatic nitrogens is 2. The highest BCUT2D eigenvalue weighted by Crippen LogP contribution is 2.38. The molecule has 0 aliphatic heterocycles. The van der Waals surface area contributed by atoms with Gasteiger partial charge in [0.25, 0.3) is 0 Å². The van der Waals surface area contributed by atoms with Gasteiger partial charge >= 0.3 is 0 Å². The molecule has 0 saturated heterocycles. The Hall–Kier alpha value is -1.32. The van der Waals surface area contributed by atoms with Crippen molar-refractivity contribution in [3.05, 3.63) is 18.0 Å². The number of carbonyl (C=O) groups is 1. The van der Waals surface area contributed by atoms with E-state index in [-0.39, 0.29) is 5.91 Å². The summed E-state index contributed by atoms with van der Waals surface area (Å²) in [6, 6.07) is 2.07. The Labute approximate surface area is 83.3 Å². The SMILES string of the molecule is CC(=O)NCCn1ccc(C2CC2)n1. The van der Waals surface area contributed by atoms with Crippen LogP contribution in [0.3, 0.4) is 0 Å². The maximum atomic E-state index is 10.6. The molecule has 1 aliphatic rings. The predicted molar refractivity (Wildman–Crippen MR) is 52.9 cm³/mol. The van der Waals surface area contributed by atoms with Crippen molar-refractivity contribution in [3.63, 3.8) is 0 Å². The summed E-state index contributed by atoms with van der Waals surface area (Å²) in [6.45, 7) is 2.94. The molecule has 1 fully saturated rings.